The highest BCUT2D eigenvalue weighted by atomic mass is 16.5. The van der Waals surface area contributed by atoms with Gasteiger partial charge in [0.15, 0.2) is 0 Å². The van der Waals surface area contributed by atoms with Crippen LogP contribution in [0.3, 0.4) is 0 Å². The van der Waals surface area contributed by atoms with Gasteiger partial charge in [-0.2, -0.15) is 0 Å². The summed E-state index contributed by atoms with van der Waals surface area (Å²) in [4.78, 5) is 26.7. The number of carbonyl (C=O) groups excluding carboxylic acids is 2. The fourth-order valence-corrected chi connectivity index (χ4v) is 3.52. The molecule has 1 aliphatic rings. The Bertz CT molecular complexity index is 623. The first-order valence-corrected chi connectivity index (χ1v) is 9.39. The van der Waals surface area contributed by atoms with E-state index in [0.29, 0.717) is 11.4 Å². The van der Waals surface area contributed by atoms with Crippen LogP contribution >= 0.6 is 0 Å². The first kappa shape index (κ1) is 21.3. The zero-order chi connectivity index (χ0) is 20.0. The molecule has 0 bridgehead atoms. The number of benzene rings is 1. The molecule has 1 heterocycles. The normalized spacial score (nSPS) is 21.7. The maximum absolute atomic E-state index is 12.9. The molecule has 1 aromatic rings. The van der Waals surface area contributed by atoms with Crippen LogP contribution in [-0.4, -0.2) is 61.8 Å². The lowest BCUT2D eigenvalue weighted by Gasteiger charge is -2.41. The van der Waals surface area contributed by atoms with Crippen LogP contribution in [0.5, 0.6) is 0 Å². The number of hydrogen-bond donors (Lipinski definition) is 2. The van der Waals surface area contributed by atoms with Gasteiger partial charge in [0.2, 0.25) is 11.8 Å². The van der Waals surface area contributed by atoms with Gasteiger partial charge in [0.25, 0.3) is 0 Å². The van der Waals surface area contributed by atoms with Crippen molar-refractivity contribution in [3.63, 3.8) is 0 Å². The van der Waals surface area contributed by atoms with E-state index in [1.54, 1.807) is 24.3 Å². The summed E-state index contributed by atoms with van der Waals surface area (Å²) in [5.74, 6) is -0.0673. The van der Waals surface area contributed by atoms with Gasteiger partial charge in [-0.3, -0.25) is 14.5 Å². The van der Waals surface area contributed by atoms with E-state index in [9.17, 15) is 9.59 Å². The lowest BCUT2D eigenvalue weighted by Crippen LogP contribution is -2.55. The number of morpholine rings is 1. The van der Waals surface area contributed by atoms with E-state index in [2.05, 4.69) is 29.4 Å². The summed E-state index contributed by atoms with van der Waals surface area (Å²) in [6, 6.07) is 6.85. The van der Waals surface area contributed by atoms with Gasteiger partial charge in [-0.15, -0.1) is 0 Å². The number of hydrogen-bond acceptors (Lipinski definition) is 5. The molecular formula is C20H31N3O4. The van der Waals surface area contributed by atoms with E-state index < -0.39 is 0 Å². The Balaban J connectivity index is 2.01. The predicted molar refractivity (Wildman–Crippen MR) is 106 cm³/mol. The number of carbonyl (C=O) groups is 2. The highest BCUT2D eigenvalue weighted by molar-refractivity contribution is 5.96. The van der Waals surface area contributed by atoms with Crippen LogP contribution in [0.25, 0.3) is 0 Å². The molecule has 1 aromatic carbocycles. The molecule has 3 unspecified atom stereocenters. The first-order chi connectivity index (χ1) is 12.8. The largest absolute Gasteiger partial charge is 0.375 e. The summed E-state index contributed by atoms with van der Waals surface area (Å²) < 4.78 is 10.6. The quantitative estimate of drug-likeness (QED) is 0.762. The molecule has 2 rings (SSSR count). The summed E-state index contributed by atoms with van der Waals surface area (Å²) in [5.41, 5.74) is 1.36. The lowest BCUT2D eigenvalue weighted by molar-refractivity contribution is -0.130. The zero-order valence-corrected chi connectivity index (χ0v) is 16.8. The van der Waals surface area contributed by atoms with E-state index in [4.69, 9.17) is 9.47 Å². The minimum atomic E-state index is -0.222. The summed E-state index contributed by atoms with van der Waals surface area (Å²) in [6.45, 7) is 9.68. The SMILES string of the molecule is COCC(=O)Nc1ccc(NC(=O)C(C(C)C)N2CC(C)OC(C)C2)cc1. The van der Waals surface area contributed by atoms with Crippen molar-refractivity contribution < 1.29 is 19.1 Å². The highest BCUT2D eigenvalue weighted by Crippen LogP contribution is 2.21. The molecule has 0 saturated carbocycles. The maximum Gasteiger partial charge on any atom is 0.250 e. The molecule has 2 amide bonds. The second-order valence-electron chi connectivity index (χ2n) is 7.45. The fourth-order valence-electron chi connectivity index (χ4n) is 3.52. The third-order valence-corrected chi connectivity index (χ3v) is 4.45. The van der Waals surface area contributed by atoms with E-state index >= 15 is 0 Å². The number of rotatable bonds is 7. The van der Waals surface area contributed by atoms with Gasteiger partial charge in [-0.05, 0) is 44.0 Å². The maximum atomic E-state index is 12.9. The molecule has 1 aliphatic heterocycles. The van der Waals surface area contributed by atoms with Crippen LogP contribution in [0.1, 0.15) is 27.7 Å². The monoisotopic (exact) mass is 377 g/mol. The van der Waals surface area contributed by atoms with Crippen LogP contribution in [0.15, 0.2) is 24.3 Å². The molecule has 3 atom stereocenters. The van der Waals surface area contributed by atoms with E-state index in [1.807, 2.05) is 13.8 Å². The van der Waals surface area contributed by atoms with E-state index in [-0.39, 0.29) is 42.6 Å². The van der Waals surface area contributed by atoms with Crippen molar-refractivity contribution in [1.29, 1.82) is 0 Å². The second kappa shape index (κ2) is 9.82. The highest BCUT2D eigenvalue weighted by Gasteiger charge is 2.34. The van der Waals surface area contributed by atoms with E-state index in [1.165, 1.54) is 7.11 Å². The molecule has 0 radical (unpaired) electrons. The minimum Gasteiger partial charge on any atom is -0.375 e. The Morgan fingerprint density at radius 1 is 1.11 bits per heavy atom. The molecular weight excluding hydrogens is 346 g/mol. The molecule has 1 fully saturated rings. The van der Waals surface area contributed by atoms with Crippen LogP contribution in [0, 0.1) is 5.92 Å². The van der Waals surface area contributed by atoms with Crippen molar-refractivity contribution in [3.05, 3.63) is 24.3 Å². The number of amides is 2. The van der Waals surface area contributed by atoms with Crippen LogP contribution < -0.4 is 10.6 Å². The van der Waals surface area contributed by atoms with Gasteiger partial charge < -0.3 is 20.1 Å². The number of methoxy groups -OCH3 is 1. The van der Waals surface area contributed by atoms with Gasteiger partial charge >= 0.3 is 0 Å². The molecule has 0 aromatic heterocycles. The number of ether oxygens (including phenoxy) is 2. The van der Waals surface area contributed by atoms with Crippen molar-refractivity contribution in [3.8, 4) is 0 Å². The average molecular weight is 377 g/mol. The zero-order valence-electron chi connectivity index (χ0n) is 16.8. The fraction of sp³-hybridized carbons (Fsp3) is 0.600. The van der Waals surface area contributed by atoms with Crippen LogP contribution in [-0.2, 0) is 19.1 Å². The predicted octanol–water partition coefficient (Wildman–Crippen LogP) is 2.34. The first-order valence-electron chi connectivity index (χ1n) is 9.39. The van der Waals surface area contributed by atoms with Crippen molar-refractivity contribution in [2.75, 3.05) is 37.4 Å². The lowest BCUT2D eigenvalue weighted by atomic mass is 9.99. The Kier molecular flexibility index (Phi) is 7.77. The Hall–Kier alpha value is -1.96. The minimum absolute atomic E-state index is 0.00491. The van der Waals surface area contributed by atoms with Crippen molar-refractivity contribution in [1.82, 2.24) is 4.90 Å². The second-order valence-corrected chi connectivity index (χ2v) is 7.45. The average Bonchev–Trinajstić information content (AvgIpc) is 2.55. The molecule has 0 aliphatic carbocycles. The molecule has 7 heteroatoms. The summed E-state index contributed by atoms with van der Waals surface area (Å²) >= 11 is 0. The van der Waals surface area contributed by atoms with Crippen LogP contribution in [0.4, 0.5) is 11.4 Å². The van der Waals surface area contributed by atoms with Crippen molar-refractivity contribution in [2.24, 2.45) is 5.92 Å². The molecule has 1 saturated heterocycles. The van der Waals surface area contributed by atoms with Gasteiger partial charge in [0.1, 0.15) is 6.61 Å². The summed E-state index contributed by atoms with van der Waals surface area (Å²) in [7, 11) is 1.47. The molecule has 7 nitrogen and oxygen atoms in total. The third kappa shape index (κ3) is 6.30. The molecule has 2 N–H and O–H groups in total. The Morgan fingerprint density at radius 2 is 1.63 bits per heavy atom. The van der Waals surface area contributed by atoms with Crippen LogP contribution in [0.2, 0.25) is 0 Å². The summed E-state index contributed by atoms with van der Waals surface area (Å²) in [5, 5.41) is 5.72. The Labute approximate surface area is 161 Å². The van der Waals surface area contributed by atoms with Crippen molar-refractivity contribution >= 4 is 23.2 Å². The molecule has 27 heavy (non-hydrogen) atoms. The van der Waals surface area contributed by atoms with Gasteiger partial charge in [0.05, 0.1) is 18.2 Å². The van der Waals surface area contributed by atoms with Gasteiger partial charge in [-0.1, -0.05) is 13.8 Å². The topological polar surface area (TPSA) is 79.9 Å². The Morgan fingerprint density at radius 3 is 2.11 bits per heavy atom. The van der Waals surface area contributed by atoms with Gasteiger partial charge in [0, 0.05) is 31.6 Å². The van der Waals surface area contributed by atoms with E-state index in [0.717, 1.165) is 13.1 Å². The van der Waals surface area contributed by atoms with Gasteiger partial charge in [-0.25, -0.2) is 0 Å². The number of anilines is 2. The van der Waals surface area contributed by atoms with Crippen molar-refractivity contribution in [2.45, 2.75) is 45.9 Å². The molecule has 150 valence electrons. The number of nitrogens with one attached hydrogen (secondary N) is 2. The third-order valence-electron chi connectivity index (χ3n) is 4.45. The standard InChI is InChI=1S/C20H31N3O4/c1-13(2)19(23-10-14(3)27-15(4)11-23)20(25)22-17-8-6-16(7-9-17)21-18(24)12-26-5/h6-9,13-15,19H,10-12H2,1-5H3,(H,21,24)(H,22,25). The smallest absolute Gasteiger partial charge is 0.250 e. The summed E-state index contributed by atoms with van der Waals surface area (Å²) in [6.07, 6.45) is 0.218. The number of nitrogens with zero attached hydrogens (tertiary/aromatic N) is 1. The molecule has 0 spiro atoms.